The molecule has 0 aliphatic carbocycles. The normalized spacial score (nSPS) is 12.9. The molecule has 2 heterocycles. The van der Waals surface area contributed by atoms with E-state index >= 15 is 0 Å². The van der Waals surface area contributed by atoms with Crippen LogP contribution in [0.15, 0.2) is 38.2 Å². The highest BCUT2D eigenvalue weighted by Crippen LogP contribution is 2.29. The summed E-state index contributed by atoms with van der Waals surface area (Å²) in [6.07, 6.45) is 1.07. The molecule has 1 aromatic carbocycles. The molecular weight excluding hydrogens is 284 g/mol. The first-order valence-corrected chi connectivity index (χ1v) is 8.02. The summed E-state index contributed by atoms with van der Waals surface area (Å²) in [7, 11) is 0. The van der Waals surface area contributed by atoms with Crippen molar-refractivity contribution in [3.8, 4) is 0 Å². The van der Waals surface area contributed by atoms with E-state index in [1.165, 1.54) is 11.1 Å². The molecule has 1 atom stereocenters. The average Bonchev–Trinajstić information content (AvgIpc) is 3.04. The summed E-state index contributed by atoms with van der Waals surface area (Å²) >= 11 is 1.71. The number of thiophene rings is 1. The van der Waals surface area contributed by atoms with Crippen molar-refractivity contribution in [1.29, 1.82) is 0 Å². The van der Waals surface area contributed by atoms with Gasteiger partial charge in [0, 0.05) is 0 Å². The van der Waals surface area contributed by atoms with Gasteiger partial charge in [-0.05, 0) is 59.5 Å². The number of hydrogen-bond acceptors (Lipinski definition) is 4. The standard InChI is InChI=1S/C16H18N2O2S/c1-3-6-17-15(12-9-21-8-10(12)2)11-4-5-13-14(7-11)20-16(19)18-13/h4-5,7-9,15,17H,3,6H2,1-2H3,(H,18,19). The van der Waals surface area contributed by atoms with Crippen molar-refractivity contribution in [2.24, 2.45) is 0 Å². The lowest BCUT2D eigenvalue weighted by Gasteiger charge is -2.19. The molecule has 4 nitrogen and oxygen atoms in total. The molecule has 0 amide bonds. The van der Waals surface area contributed by atoms with E-state index in [-0.39, 0.29) is 6.04 Å². The predicted octanol–water partition coefficient (Wildman–Crippen LogP) is 3.58. The quantitative estimate of drug-likeness (QED) is 0.757. The number of benzene rings is 1. The third kappa shape index (κ3) is 2.80. The lowest BCUT2D eigenvalue weighted by Crippen LogP contribution is -2.23. The van der Waals surface area contributed by atoms with Gasteiger partial charge in [0.1, 0.15) is 0 Å². The molecule has 2 N–H and O–H groups in total. The van der Waals surface area contributed by atoms with Crippen LogP contribution in [-0.2, 0) is 0 Å². The highest BCUT2D eigenvalue weighted by molar-refractivity contribution is 7.08. The van der Waals surface area contributed by atoms with Crippen LogP contribution in [0.4, 0.5) is 0 Å². The van der Waals surface area contributed by atoms with Gasteiger partial charge in [0.05, 0.1) is 11.6 Å². The van der Waals surface area contributed by atoms with Gasteiger partial charge in [0.15, 0.2) is 5.58 Å². The molecule has 0 spiro atoms. The third-order valence-corrected chi connectivity index (χ3v) is 4.46. The van der Waals surface area contributed by atoms with Crippen molar-refractivity contribution in [3.63, 3.8) is 0 Å². The van der Waals surface area contributed by atoms with E-state index in [0.29, 0.717) is 5.58 Å². The SMILES string of the molecule is CCCNC(c1ccc2[nH]c(=O)oc2c1)c1cscc1C. The van der Waals surface area contributed by atoms with E-state index in [9.17, 15) is 4.79 Å². The second-order valence-corrected chi connectivity index (χ2v) is 5.91. The van der Waals surface area contributed by atoms with E-state index in [4.69, 9.17) is 4.42 Å². The summed E-state index contributed by atoms with van der Waals surface area (Å²) in [6, 6.07) is 6.01. The van der Waals surface area contributed by atoms with Crippen LogP contribution in [0.3, 0.4) is 0 Å². The van der Waals surface area contributed by atoms with Crippen molar-refractivity contribution in [3.05, 3.63) is 56.2 Å². The number of hydrogen-bond donors (Lipinski definition) is 2. The van der Waals surface area contributed by atoms with Crippen molar-refractivity contribution < 1.29 is 4.42 Å². The van der Waals surface area contributed by atoms with Crippen LogP contribution < -0.4 is 11.1 Å². The second kappa shape index (κ2) is 5.87. The molecule has 0 bridgehead atoms. The number of aryl methyl sites for hydroxylation is 1. The molecule has 0 saturated heterocycles. The van der Waals surface area contributed by atoms with Gasteiger partial charge in [-0.15, -0.1) is 0 Å². The summed E-state index contributed by atoms with van der Waals surface area (Å²) in [5.41, 5.74) is 5.02. The summed E-state index contributed by atoms with van der Waals surface area (Å²) in [5.74, 6) is -0.410. The maximum atomic E-state index is 11.3. The Morgan fingerprint density at radius 1 is 1.38 bits per heavy atom. The van der Waals surface area contributed by atoms with Gasteiger partial charge >= 0.3 is 5.76 Å². The molecule has 0 fully saturated rings. The predicted molar refractivity (Wildman–Crippen MR) is 86.0 cm³/mol. The minimum absolute atomic E-state index is 0.126. The number of fused-ring (bicyclic) bond motifs is 1. The Bertz CT molecular complexity index is 800. The van der Waals surface area contributed by atoms with Crippen LogP contribution in [0.1, 0.15) is 36.1 Å². The number of aromatic amines is 1. The van der Waals surface area contributed by atoms with E-state index in [2.05, 4.69) is 34.9 Å². The average molecular weight is 302 g/mol. The van der Waals surface area contributed by atoms with Crippen molar-refractivity contribution in [2.75, 3.05) is 6.54 Å². The second-order valence-electron chi connectivity index (χ2n) is 5.17. The maximum absolute atomic E-state index is 11.3. The monoisotopic (exact) mass is 302 g/mol. The first kappa shape index (κ1) is 14.1. The van der Waals surface area contributed by atoms with Crippen molar-refractivity contribution >= 4 is 22.4 Å². The summed E-state index contributed by atoms with van der Waals surface area (Å²) < 4.78 is 5.17. The van der Waals surface area contributed by atoms with Crippen molar-refractivity contribution in [2.45, 2.75) is 26.3 Å². The molecule has 3 aromatic rings. The number of nitrogens with one attached hydrogen (secondary N) is 2. The van der Waals surface area contributed by atoms with Gasteiger partial charge < -0.3 is 9.73 Å². The Morgan fingerprint density at radius 2 is 2.24 bits per heavy atom. The fourth-order valence-corrected chi connectivity index (χ4v) is 3.38. The van der Waals surface area contributed by atoms with Crippen LogP contribution in [0.2, 0.25) is 0 Å². The topological polar surface area (TPSA) is 58.0 Å². The Morgan fingerprint density at radius 3 is 2.95 bits per heavy atom. The van der Waals surface area contributed by atoms with Gasteiger partial charge in [-0.25, -0.2) is 4.79 Å². The zero-order chi connectivity index (χ0) is 14.8. The summed E-state index contributed by atoms with van der Waals surface area (Å²) in [5, 5.41) is 7.92. The Kier molecular flexibility index (Phi) is 3.94. The van der Waals surface area contributed by atoms with E-state index in [1.54, 1.807) is 11.3 Å². The highest BCUT2D eigenvalue weighted by atomic mass is 32.1. The zero-order valence-electron chi connectivity index (χ0n) is 12.1. The molecular formula is C16H18N2O2S. The number of oxazole rings is 1. The van der Waals surface area contributed by atoms with Crippen LogP contribution in [0, 0.1) is 6.92 Å². The van der Waals surface area contributed by atoms with Crippen LogP contribution >= 0.6 is 11.3 Å². The fourth-order valence-electron chi connectivity index (χ4n) is 2.50. The van der Waals surface area contributed by atoms with Crippen LogP contribution in [-0.4, -0.2) is 11.5 Å². The minimum Gasteiger partial charge on any atom is -0.408 e. The molecule has 2 aromatic heterocycles. The van der Waals surface area contributed by atoms with Gasteiger partial charge in [0.25, 0.3) is 0 Å². The lowest BCUT2D eigenvalue weighted by atomic mass is 9.98. The van der Waals surface area contributed by atoms with Crippen molar-refractivity contribution in [1.82, 2.24) is 10.3 Å². The molecule has 0 aliphatic heterocycles. The smallest absolute Gasteiger partial charge is 0.408 e. The molecule has 0 radical (unpaired) electrons. The molecule has 3 rings (SSSR count). The first-order valence-electron chi connectivity index (χ1n) is 7.08. The van der Waals surface area contributed by atoms with E-state index in [1.807, 2.05) is 18.2 Å². The van der Waals surface area contributed by atoms with Crippen LogP contribution in [0.25, 0.3) is 11.1 Å². The number of aromatic nitrogens is 1. The Hall–Kier alpha value is -1.85. The third-order valence-electron chi connectivity index (χ3n) is 3.58. The molecule has 5 heteroatoms. The van der Waals surface area contributed by atoms with E-state index < -0.39 is 5.76 Å². The van der Waals surface area contributed by atoms with E-state index in [0.717, 1.165) is 24.0 Å². The minimum atomic E-state index is -0.410. The van der Waals surface area contributed by atoms with Crippen LogP contribution in [0.5, 0.6) is 0 Å². The van der Waals surface area contributed by atoms with Gasteiger partial charge in [-0.3, -0.25) is 4.98 Å². The molecule has 110 valence electrons. The largest absolute Gasteiger partial charge is 0.417 e. The Labute approximate surface area is 126 Å². The summed E-state index contributed by atoms with van der Waals surface area (Å²) in [6.45, 7) is 5.22. The van der Waals surface area contributed by atoms with Gasteiger partial charge in [-0.2, -0.15) is 11.3 Å². The fraction of sp³-hybridized carbons (Fsp3) is 0.312. The first-order chi connectivity index (χ1) is 10.2. The summed E-state index contributed by atoms with van der Waals surface area (Å²) in [4.78, 5) is 14.0. The molecule has 21 heavy (non-hydrogen) atoms. The zero-order valence-corrected chi connectivity index (χ0v) is 12.9. The highest BCUT2D eigenvalue weighted by Gasteiger charge is 2.17. The Balaban J connectivity index is 2.04. The number of rotatable bonds is 5. The number of H-pyrrole nitrogens is 1. The lowest BCUT2D eigenvalue weighted by molar-refractivity contribution is 0.553. The molecule has 0 aliphatic rings. The van der Waals surface area contributed by atoms with Gasteiger partial charge in [0.2, 0.25) is 0 Å². The molecule has 1 unspecified atom stereocenters. The van der Waals surface area contributed by atoms with Gasteiger partial charge in [-0.1, -0.05) is 13.0 Å². The molecule has 0 saturated carbocycles. The maximum Gasteiger partial charge on any atom is 0.417 e.